The maximum absolute atomic E-state index is 14.6. The molecule has 0 fully saturated rings. The van der Waals surface area contributed by atoms with Crippen LogP contribution < -0.4 is 11.1 Å². The van der Waals surface area contributed by atoms with Crippen LogP contribution >= 0.6 is 0 Å². The van der Waals surface area contributed by atoms with E-state index < -0.39 is 17.0 Å². The molecule has 0 saturated carbocycles. The molecule has 0 saturated heterocycles. The smallest absolute Gasteiger partial charge is 0.270 e. The zero-order valence-corrected chi connectivity index (χ0v) is 19.9. The van der Waals surface area contributed by atoms with E-state index in [-0.39, 0.29) is 34.1 Å². The van der Waals surface area contributed by atoms with Gasteiger partial charge in [-0.25, -0.2) is 14.4 Å². The van der Waals surface area contributed by atoms with E-state index in [1.165, 1.54) is 12.3 Å². The lowest BCUT2D eigenvalue weighted by Crippen LogP contribution is -2.16. The van der Waals surface area contributed by atoms with Crippen molar-refractivity contribution < 1.29 is 13.4 Å². The topological polar surface area (TPSA) is 126 Å². The van der Waals surface area contributed by atoms with E-state index in [1.54, 1.807) is 19.2 Å². The summed E-state index contributed by atoms with van der Waals surface area (Å²) in [6, 6.07) is 12.1. The Morgan fingerprint density at radius 2 is 1.88 bits per heavy atom. The van der Waals surface area contributed by atoms with Crippen LogP contribution in [0, 0.1) is 5.82 Å². The average molecular weight is 481 g/mol. The fourth-order valence-electron chi connectivity index (χ4n) is 3.31. The second-order valence-corrected chi connectivity index (χ2v) is 9.66. The molecule has 2 aromatic heterocycles. The van der Waals surface area contributed by atoms with Gasteiger partial charge in [0, 0.05) is 12.1 Å². The summed E-state index contributed by atoms with van der Waals surface area (Å²) >= 11 is -1.07. The van der Waals surface area contributed by atoms with E-state index in [9.17, 15) is 8.94 Å². The first-order valence-electron chi connectivity index (χ1n) is 10.8. The number of hydrogen-bond acceptors (Lipinski definition) is 8. The van der Waals surface area contributed by atoms with E-state index in [2.05, 4.69) is 25.5 Å². The lowest BCUT2D eigenvalue weighted by atomic mass is 10.1. The molecule has 2 unspecified atom stereocenters. The van der Waals surface area contributed by atoms with Crippen LogP contribution in [0.4, 0.5) is 10.2 Å². The summed E-state index contributed by atoms with van der Waals surface area (Å²) in [5.41, 5.74) is 8.51. The Morgan fingerprint density at radius 1 is 1.15 bits per heavy atom. The molecule has 3 N–H and O–H groups in total. The van der Waals surface area contributed by atoms with E-state index in [0.717, 1.165) is 22.4 Å². The molecular weight excluding hydrogens is 455 g/mol. The summed E-state index contributed by atoms with van der Waals surface area (Å²) in [6.45, 7) is 4.52. The van der Waals surface area contributed by atoms with E-state index >= 15 is 0 Å². The van der Waals surface area contributed by atoms with Crippen LogP contribution in [0.15, 0.2) is 58.0 Å². The van der Waals surface area contributed by atoms with Crippen molar-refractivity contribution in [3.63, 3.8) is 0 Å². The van der Waals surface area contributed by atoms with E-state index in [4.69, 9.17) is 10.2 Å². The minimum atomic E-state index is -1.07. The Balaban J connectivity index is 1.62. The van der Waals surface area contributed by atoms with Crippen LogP contribution in [0.3, 0.4) is 0 Å². The summed E-state index contributed by atoms with van der Waals surface area (Å²) in [4.78, 5) is 9.51. The molecule has 0 radical (unpaired) electrons. The van der Waals surface area contributed by atoms with Crippen LogP contribution in [0.5, 0.6) is 0 Å². The predicted octanol–water partition coefficient (Wildman–Crippen LogP) is 4.21. The third kappa shape index (κ3) is 4.93. The molecule has 0 aliphatic carbocycles. The normalized spacial score (nSPS) is 13.1. The van der Waals surface area contributed by atoms with Gasteiger partial charge in [-0.05, 0) is 73.5 Å². The zero-order valence-electron chi connectivity index (χ0n) is 19.1. The number of hydrogen-bond donors (Lipinski definition) is 2. The van der Waals surface area contributed by atoms with Gasteiger partial charge in [0.25, 0.3) is 11.8 Å². The molecule has 2 heterocycles. The Hall–Kier alpha value is -3.34. The van der Waals surface area contributed by atoms with Crippen molar-refractivity contribution in [1.82, 2.24) is 25.5 Å². The highest BCUT2D eigenvalue weighted by Gasteiger charge is 2.20. The standard InChI is InChI=1S/C24H25FN6O2S/c1-4-14(2)34(32)17-8-6-16(7-9-17)20-13-28-22(26)21(29-20)24-31-30-23(33-24)18-10-5-15(12-27-3)11-19(18)25/h5-11,13-14,27H,4,12H2,1-3H3,(H2,26,28). The van der Waals surface area contributed by atoms with Crippen molar-refractivity contribution in [1.29, 1.82) is 0 Å². The third-order valence-corrected chi connectivity index (χ3v) is 7.20. The molecule has 4 aromatic rings. The molecule has 0 aliphatic rings. The monoisotopic (exact) mass is 480 g/mol. The maximum Gasteiger partial charge on any atom is 0.270 e. The van der Waals surface area contributed by atoms with Crippen molar-refractivity contribution in [3.8, 4) is 34.3 Å². The Bertz CT molecular complexity index is 1280. The zero-order chi connectivity index (χ0) is 24.2. The van der Waals surface area contributed by atoms with Crippen LogP contribution in [-0.2, 0) is 17.7 Å². The van der Waals surface area contributed by atoms with Gasteiger partial charge in [0.15, 0.2) is 16.4 Å². The van der Waals surface area contributed by atoms with E-state index in [1.807, 2.05) is 38.1 Å². The molecular formula is C24H25FN6O2S. The fraction of sp³-hybridized carbons (Fsp3) is 0.250. The summed E-state index contributed by atoms with van der Waals surface area (Å²) in [6.07, 6.45) is 2.37. The number of aromatic nitrogens is 4. The van der Waals surface area contributed by atoms with Gasteiger partial charge in [-0.3, -0.25) is 0 Å². The van der Waals surface area contributed by atoms with Gasteiger partial charge in [0.05, 0.1) is 17.5 Å². The minimum Gasteiger partial charge on any atom is -0.611 e. The fourth-order valence-corrected chi connectivity index (χ4v) is 4.48. The van der Waals surface area contributed by atoms with Gasteiger partial charge >= 0.3 is 0 Å². The van der Waals surface area contributed by atoms with Crippen molar-refractivity contribution in [3.05, 3.63) is 60.0 Å². The number of halogens is 1. The number of nitrogens with two attached hydrogens (primary N) is 1. The summed E-state index contributed by atoms with van der Waals surface area (Å²) in [5, 5.41) is 11.0. The van der Waals surface area contributed by atoms with Gasteiger partial charge in [-0.2, -0.15) is 0 Å². The Morgan fingerprint density at radius 3 is 2.56 bits per heavy atom. The minimum absolute atomic E-state index is 0.0204. The third-order valence-electron chi connectivity index (χ3n) is 5.40. The molecule has 2 atom stereocenters. The van der Waals surface area contributed by atoms with E-state index in [0.29, 0.717) is 12.2 Å². The molecule has 8 nitrogen and oxygen atoms in total. The van der Waals surface area contributed by atoms with Crippen molar-refractivity contribution in [2.24, 2.45) is 0 Å². The highest BCUT2D eigenvalue weighted by Crippen LogP contribution is 2.30. The molecule has 176 valence electrons. The maximum atomic E-state index is 14.6. The molecule has 2 aromatic carbocycles. The number of nitrogens with one attached hydrogen (secondary N) is 1. The first-order chi connectivity index (χ1) is 16.4. The number of rotatable bonds is 8. The molecule has 4 rings (SSSR count). The second kappa shape index (κ2) is 10.3. The molecule has 0 bridgehead atoms. The predicted molar refractivity (Wildman–Crippen MR) is 129 cm³/mol. The van der Waals surface area contributed by atoms with Crippen molar-refractivity contribution >= 4 is 17.0 Å². The summed E-state index contributed by atoms with van der Waals surface area (Å²) in [7, 11) is 1.79. The lowest BCUT2D eigenvalue weighted by molar-refractivity contribution is 0.568. The van der Waals surface area contributed by atoms with Gasteiger partial charge in [0.1, 0.15) is 11.1 Å². The first kappa shape index (κ1) is 23.8. The highest BCUT2D eigenvalue weighted by molar-refractivity contribution is 7.92. The molecule has 0 spiro atoms. The largest absolute Gasteiger partial charge is 0.611 e. The van der Waals surface area contributed by atoms with Gasteiger partial charge in [0.2, 0.25) is 0 Å². The van der Waals surface area contributed by atoms with Gasteiger partial charge in [-0.1, -0.05) is 13.0 Å². The molecule has 0 amide bonds. The van der Waals surface area contributed by atoms with Gasteiger partial charge in [-0.15, -0.1) is 10.2 Å². The summed E-state index contributed by atoms with van der Waals surface area (Å²) < 4.78 is 32.8. The number of benzene rings is 2. The van der Waals surface area contributed by atoms with Crippen molar-refractivity contribution in [2.75, 3.05) is 12.8 Å². The quantitative estimate of drug-likeness (QED) is 0.359. The Kier molecular flexibility index (Phi) is 7.20. The highest BCUT2D eigenvalue weighted by atomic mass is 32.2. The number of nitrogens with zero attached hydrogens (tertiary/aromatic N) is 4. The number of anilines is 1. The summed E-state index contributed by atoms with van der Waals surface area (Å²) in [5.74, 6) is -0.300. The van der Waals surface area contributed by atoms with Crippen LogP contribution in [0.1, 0.15) is 25.8 Å². The Labute approximate surface area is 200 Å². The lowest BCUT2D eigenvalue weighted by Gasteiger charge is -2.16. The van der Waals surface area contributed by atoms with Gasteiger partial charge < -0.3 is 20.0 Å². The van der Waals surface area contributed by atoms with Crippen LogP contribution in [0.2, 0.25) is 0 Å². The average Bonchev–Trinajstić information content (AvgIpc) is 3.33. The SMILES string of the molecule is CCC(C)[S+]([O-])c1ccc(-c2cnc(N)c(-c3nnc(-c4ccc(CNC)cc4F)o3)n2)cc1. The van der Waals surface area contributed by atoms with Crippen LogP contribution in [0.25, 0.3) is 34.3 Å². The molecule has 0 aliphatic heterocycles. The number of nitrogen functional groups attached to an aromatic ring is 1. The second-order valence-electron chi connectivity index (χ2n) is 7.79. The molecule has 10 heteroatoms. The van der Waals surface area contributed by atoms with Crippen LogP contribution in [-0.4, -0.2) is 37.0 Å². The first-order valence-corrected chi connectivity index (χ1v) is 12.0. The van der Waals surface area contributed by atoms with Crippen molar-refractivity contribution in [2.45, 2.75) is 37.0 Å². The molecule has 34 heavy (non-hydrogen) atoms.